The summed E-state index contributed by atoms with van der Waals surface area (Å²) in [7, 11) is 0. The Hall–Kier alpha value is -2.67. The van der Waals surface area contributed by atoms with Crippen LogP contribution in [-0.2, 0) is 23.7 Å². The number of benzene rings is 1. The van der Waals surface area contributed by atoms with Gasteiger partial charge in [-0.1, -0.05) is 30.3 Å². The highest BCUT2D eigenvalue weighted by Gasteiger charge is 2.57. The predicted octanol–water partition coefficient (Wildman–Crippen LogP) is 1.30. The maximum atomic E-state index is 11.4. The van der Waals surface area contributed by atoms with Crippen molar-refractivity contribution >= 4 is 17.0 Å². The van der Waals surface area contributed by atoms with Crippen molar-refractivity contribution in [2.75, 3.05) is 12.3 Å². The maximum absolute atomic E-state index is 11.4. The van der Waals surface area contributed by atoms with Crippen LogP contribution in [0.2, 0.25) is 0 Å². The van der Waals surface area contributed by atoms with Crippen LogP contribution in [0, 0.1) is 0 Å². The summed E-state index contributed by atoms with van der Waals surface area (Å²) in [6, 6.07) is 9.58. The Labute approximate surface area is 189 Å². The smallest absolute Gasteiger partial charge is 0.184 e. The standard InChI is InChI=1S/C22H25N5O6/c1-22(2)32-16-14(28)15-12(8-29-21(31-15)11-6-4-3-5-7-11)30-20(17(16)33-22)27-10-26-13-18(23)24-9-25-19(13)27/h3-7,9-10,12,14-17,20-21,28H,8H2,1-2H3,(H2,23,24,25)/t12-,14-,15-,16-,17-,20-,21?/m1/s1. The molecular formula is C22H25N5O6. The largest absolute Gasteiger partial charge is 0.387 e. The fourth-order valence-corrected chi connectivity index (χ4v) is 4.77. The number of aliphatic hydroxyl groups is 1. The molecule has 6 rings (SSSR count). The van der Waals surface area contributed by atoms with Crippen LogP contribution in [0.15, 0.2) is 43.0 Å². The number of hydrogen-bond acceptors (Lipinski definition) is 10. The average Bonchev–Trinajstić information content (AvgIpc) is 3.36. The number of nitrogens with zero attached hydrogens (tertiary/aromatic N) is 4. The third-order valence-electron chi connectivity index (χ3n) is 6.22. The average molecular weight is 455 g/mol. The first-order chi connectivity index (χ1) is 15.9. The molecule has 3 aliphatic rings. The van der Waals surface area contributed by atoms with E-state index >= 15 is 0 Å². The number of hydrogen-bond donors (Lipinski definition) is 2. The van der Waals surface area contributed by atoms with E-state index in [-0.39, 0.29) is 12.4 Å². The Morgan fingerprint density at radius 2 is 1.82 bits per heavy atom. The van der Waals surface area contributed by atoms with Gasteiger partial charge in [-0.25, -0.2) is 15.0 Å². The second-order valence-corrected chi connectivity index (χ2v) is 8.88. The first kappa shape index (κ1) is 20.9. The Kier molecular flexibility index (Phi) is 4.87. The molecule has 174 valence electrons. The summed E-state index contributed by atoms with van der Waals surface area (Å²) in [5.41, 5.74) is 7.78. The van der Waals surface area contributed by atoms with E-state index in [0.29, 0.717) is 11.2 Å². The van der Waals surface area contributed by atoms with Crippen molar-refractivity contribution in [2.45, 2.75) is 62.7 Å². The van der Waals surface area contributed by atoms with Crippen LogP contribution in [0.4, 0.5) is 5.82 Å². The van der Waals surface area contributed by atoms with Crippen molar-refractivity contribution in [3.8, 4) is 0 Å². The molecular weight excluding hydrogens is 430 g/mol. The van der Waals surface area contributed by atoms with Gasteiger partial charge >= 0.3 is 0 Å². The summed E-state index contributed by atoms with van der Waals surface area (Å²) >= 11 is 0. The second kappa shape index (κ2) is 7.69. The van der Waals surface area contributed by atoms with Gasteiger partial charge in [0.1, 0.15) is 42.4 Å². The van der Waals surface area contributed by atoms with Crippen LogP contribution in [-0.4, -0.2) is 67.5 Å². The zero-order chi connectivity index (χ0) is 22.7. The first-order valence-electron chi connectivity index (χ1n) is 10.9. The van der Waals surface area contributed by atoms with Gasteiger partial charge in [0.15, 0.2) is 29.8 Å². The van der Waals surface area contributed by atoms with Gasteiger partial charge in [0, 0.05) is 5.56 Å². The van der Waals surface area contributed by atoms with Crippen molar-refractivity contribution in [3.05, 3.63) is 48.5 Å². The molecule has 11 nitrogen and oxygen atoms in total. The molecule has 33 heavy (non-hydrogen) atoms. The van der Waals surface area contributed by atoms with Gasteiger partial charge in [-0.15, -0.1) is 0 Å². The van der Waals surface area contributed by atoms with E-state index in [0.717, 1.165) is 5.56 Å². The van der Waals surface area contributed by atoms with E-state index in [1.54, 1.807) is 24.7 Å². The van der Waals surface area contributed by atoms with Crippen molar-refractivity contribution in [2.24, 2.45) is 0 Å². The number of anilines is 1. The number of rotatable bonds is 2. The molecule has 3 N–H and O–H groups in total. The van der Waals surface area contributed by atoms with Crippen molar-refractivity contribution < 1.29 is 28.8 Å². The predicted molar refractivity (Wildman–Crippen MR) is 113 cm³/mol. The third-order valence-corrected chi connectivity index (χ3v) is 6.22. The van der Waals surface area contributed by atoms with Gasteiger partial charge in [0.05, 0.1) is 12.9 Å². The molecule has 3 fully saturated rings. The topological polar surface area (TPSA) is 136 Å². The van der Waals surface area contributed by atoms with Gasteiger partial charge in [-0.05, 0) is 13.8 Å². The number of nitrogen functional groups attached to an aromatic ring is 1. The van der Waals surface area contributed by atoms with Gasteiger partial charge in [0.25, 0.3) is 0 Å². The van der Waals surface area contributed by atoms with E-state index in [1.165, 1.54) is 6.33 Å². The number of ether oxygens (including phenoxy) is 5. The molecule has 5 heterocycles. The molecule has 3 aromatic rings. The van der Waals surface area contributed by atoms with Crippen LogP contribution >= 0.6 is 0 Å². The number of aliphatic hydroxyl groups excluding tert-OH is 1. The molecule has 7 atom stereocenters. The number of fused-ring (bicyclic) bond motifs is 3. The monoisotopic (exact) mass is 455 g/mol. The lowest BCUT2D eigenvalue weighted by Crippen LogP contribution is -2.51. The summed E-state index contributed by atoms with van der Waals surface area (Å²) in [5.74, 6) is -0.667. The van der Waals surface area contributed by atoms with Gasteiger partial charge < -0.3 is 34.5 Å². The minimum Gasteiger partial charge on any atom is -0.387 e. The summed E-state index contributed by atoms with van der Waals surface area (Å²) in [6.07, 6.45) is -2.07. The van der Waals surface area contributed by atoms with Crippen LogP contribution in [0.3, 0.4) is 0 Å². The Morgan fingerprint density at radius 3 is 2.64 bits per heavy atom. The quantitative estimate of drug-likeness (QED) is 0.582. The van der Waals surface area contributed by atoms with Crippen LogP contribution in [0.5, 0.6) is 0 Å². The molecule has 11 heteroatoms. The minimum atomic E-state index is -1.02. The fourth-order valence-electron chi connectivity index (χ4n) is 4.77. The summed E-state index contributed by atoms with van der Waals surface area (Å²) in [6.45, 7) is 3.81. The molecule has 3 saturated heterocycles. The van der Waals surface area contributed by atoms with Gasteiger partial charge in [0.2, 0.25) is 0 Å². The lowest BCUT2D eigenvalue weighted by atomic mass is 9.99. The van der Waals surface area contributed by atoms with Crippen molar-refractivity contribution in [1.29, 1.82) is 0 Å². The Morgan fingerprint density at radius 1 is 1.03 bits per heavy atom. The number of aromatic nitrogens is 4. The SMILES string of the molecule is CC1(C)O[C@@H]2[C@H](O)[C@@H]3OC(c4ccccc4)OC[C@H]3O[C@@H](n3cnc4c(N)ncnc43)[C@@H]2O1. The van der Waals surface area contributed by atoms with E-state index in [1.807, 2.05) is 30.3 Å². The first-order valence-corrected chi connectivity index (χ1v) is 10.9. The highest BCUT2D eigenvalue weighted by molar-refractivity contribution is 5.81. The Bertz CT molecular complexity index is 1160. The number of nitrogens with two attached hydrogens (primary N) is 1. The lowest BCUT2D eigenvalue weighted by Gasteiger charge is -2.38. The molecule has 0 spiro atoms. The normalized spacial score (nSPS) is 35.7. The molecule has 1 unspecified atom stereocenters. The molecule has 0 saturated carbocycles. The molecule has 0 amide bonds. The highest BCUT2D eigenvalue weighted by atomic mass is 16.8. The minimum absolute atomic E-state index is 0.213. The van der Waals surface area contributed by atoms with Gasteiger partial charge in [-0.3, -0.25) is 4.57 Å². The fraction of sp³-hybridized carbons (Fsp3) is 0.500. The molecule has 2 aromatic heterocycles. The second-order valence-electron chi connectivity index (χ2n) is 8.88. The number of imidazole rings is 1. The Balaban J connectivity index is 1.38. The third kappa shape index (κ3) is 3.48. The van der Waals surface area contributed by atoms with Crippen LogP contribution in [0.1, 0.15) is 31.9 Å². The van der Waals surface area contributed by atoms with E-state index in [9.17, 15) is 5.11 Å². The van der Waals surface area contributed by atoms with Crippen molar-refractivity contribution in [3.63, 3.8) is 0 Å². The zero-order valence-corrected chi connectivity index (χ0v) is 18.1. The highest BCUT2D eigenvalue weighted by Crippen LogP contribution is 2.44. The maximum Gasteiger partial charge on any atom is 0.184 e. The molecule has 0 bridgehead atoms. The van der Waals surface area contributed by atoms with Crippen molar-refractivity contribution in [1.82, 2.24) is 19.5 Å². The van der Waals surface area contributed by atoms with E-state index in [4.69, 9.17) is 29.4 Å². The summed E-state index contributed by atoms with van der Waals surface area (Å²) in [4.78, 5) is 12.7. The van der Waals surface area contributed by atoms with Crippen LogP contribution < -0.4 is 5.73 Å². The molecule has 1 aromatic carbocycles. The van der Waals surface area contributed by atoms with Crippen LogP contribution in [0.25, 0.3) is 11.2 Å². The molecule has 3 aliphatic heterocycles. The van der Waals surface area contributed by atoms with E-state index < -0.39 is 48.8 Å². The van der Waals surface area contributed by atoms with E-state index in [2.05, 4.69) is 15.0 Å². The summed E-state index contributed by atoms with van der Waals surface area (Å²) < 4.78 is 32.7. The lowest BCUT2D eigenvalue weighted by molar-refractivity contribution is -0.299. The summed E-state index contributed by atoms with van der Waals surface area (Å²) in [5, 5.41) is 11.4. The van der Waals surface area contributed by atoms with Gasteiger partial charge in [-0.2, -0.15) is 0 Å². The molecule has 0 radical (unpaired) electrons. The zero-order valence-electron chi connectivity index (χ0n) is 18.1. The molecule has 0 aliphatic carbocycles.